The molecule has 0 saturated carbocycles. The average molecular weight is 411 g/mol. The zero-order chi connectivity index (χ0) is 18.0. The number of ether oxygens (including phenoxy) is 1. The van der Waals surface area contributed by atoms with E-state index in [9.17, 15) is 0 Å². The molecule has 0 bridgehead atoms. The fourth-order valence-electron chi connectivity index (χ4n) is 4.58. The van der Waals surface area contributed by atoms with Gasteiger partial charge in [-0.05, 0) is 55.2 Å². The first kappa shape index (κ1) is 16.2. The third-order valence-corrected chi connectivity index (χ3v) is 6.04. The molecule has 4 nitrogen and oxygen atoms in total. The highest BCUT2D eigenvalue weighted by Gasteiger charge is 2.43. The van der Waals surface area contributed by atoms with Crippen molar-refractivity contribution in [1.82, 2.24) is 9.78 Å². The maximum atomic E-state index is 6.17. The standard InChI is InChI=1S/C21H21BrN3O/c1-12-6-13(2)20(14(3)7-12)25-11-24-19(23-25)10-26-18-8-15-4-5-16(22)9-17(15)21(18)24/h4-7,9,11,18,21H,8,10H2,1-3H3/q+1. The highest BCUT2D eigenvalue weighted by molar-refractivity contribution is 9.10. The zero-order valence-electron chi connectivity index (χ0n) is 15.2. The number of aryl methyl sites for hydroxylation is 3. The Morgan fingerprint density at radius 3 is 2.69 bits per heavy atom. The summed E-state index contributed by atoms with van der Waals surface area (Å²) in [5.41, 5.74) is 7.66. The molecule has 0 N–H and O–H groups in total. The second kappa shape index (κ2) is 5.76. The van der Waals surface area contributed by atoms with Crippen molar-refractivity contribution >= 4 is 15.9 Å². The first-order valence-corrected chi connectivity index (χ1v) is 9.78. The van der Waals surface area contributed by atoms with Gasteiger partial charge in [-0.1, -0.05) is 44.4 Å². The molecule has 0 amide bonds. The fourth-order valence-corrected chi connectivity index (χ4v) is 4.96. The Hall–Kier alpha value is -1.98. The van der Waals surface area contributed by atoms with E-state index in [-0.39, 0.29) is 12.1 Å². The van der Waals surface area contributed by atoms with Crippen LogP contribution in [0, 0.1) is 20.8 Å². The molecule has 2 heterocycles. The molecule has 0 radical (unpaired) electrons. The average Bonchev–Trinajstić information content (AvgIpc) is 3.14. The maximum Gasteiger partial charge on any atom is 0.304 e. The van der Waals surface area contributed by atoms with Crippen LogP contribution in [-0.2, 0) is 17.8 Å². The lowest BCUT2D eigenvalue weighted by atomic mass is 10.1. The molecule has 1 aliphatic carbocycles. The van der Waals surface area contributed by atoms with Crippen LogP contribution in [0.3, 0.4) is 0 Å². The summed E-state index contributed by atoms with van der Waals surface area (Å²) < 4.78 is 11.6. The molecule has 132 valence electrons. The van der Waals surface area contributed by atoms with E-state index in [1.807, 2.05) is 4.68 Å². The summed E-state index contributed by atoms with van der Waals surface area (Å²) in [5.74, 6) is 0.985. The summed E-state index contributed by atoms with van der Waals surface area (Å²) in [4.78, 5) is 0. The van der Waals surface area contributed by atoms with Crippen LogP contribution in [0.5, 0.6) is 0 Å². The third-order valence-electron chi connectivity index (χ3n) is 5.55. The molecule has 1 aromatic heterocycles. The van der Waals surface area contributed by atoms with Crippen molar-refractivity contribution in [2.24, 2.45) is 0 Å². The molecule has 0 saturated heterocycles. The van der Waals surface area contributed by atoms with E-state index in [0.717, 1.165) is 16.7 Å². The number of hydrogen-bond donors (Lipinski definition) is 0. The van der Waals surface area contributed by atoms with Crippen LogP contribution < -0.4 is 4.57 Å². The summed E-state index contributed by atoms with van der Waals surface area (Å²) in [6, 6.07) is 11.2. The molecule has 5 rings (SSSR count). The van der Waals surface area contributed by atoms with E-state index in [0.29, 0.717) is 6.61 Å². The minimum absolute atomic E-state index is 0.190. The number of nitrogens with zero attached hydrogens (tertiary/aromatic N) is 3. The van der Waals surface area contributed by atoms with Gasteiger partial charge in [-0.3, -0.25) is 0 Å². The van der Waals surface area contributed by atoms with Crippen LogP contribution >= 0.6 is 15.9 Å². The Kier molecular flexibility index (Phi) is 3.59. The maximum absolute atomic E-state index is 6.17. The van der Waals surface area contributed by atoms with Crippen LogP contribution in [0.4, 0.5) is 0 Å². The zero-order valence-corrected chi connectivity index (χ0v) is 16.7. The van der Waals surface area contributed by atoms with Gasteiger partial charge in [-0.15, -0.1) is 0 Å². The van der Waals surface area contributed by atoms with Crippen LogP contribution in [0.15, 0.2) is 41.1 Å². The minimum atomic E-state index is 0.190. The summed E-state index contributed by atoms with van der Waals surface area (Å²) in [7, 11) is 0. The van der Waals surface area contributed by atoms with Crippen molar-refractivity contribution in [1.29, 1.82) is 0 Å². The highest BCUT2D eigenvalue weighted by Crippen LogP contribution is 2.37. The van der Waals surface area contributed by atoms with Gasteiger partial charge in [-0.25, -0.2) is 4.57 Å². The van der Waals surface area contributed by atoms with E-state index in [4.69, 9.17) is 9.84 Å². The monoisotopic (exact) mass is 410 g/mol. The van der Waals surface area contributed by atoms with Crippen molar-refractivity contribution in [3.63, 3.8) is 0 Å². The predicted molar refractivity (Wildman–Crippen MR) is 103 cm³/mol. The second-order valence-electron chi connectivity index (χ2n) is 7.47. The minimum Gasteiger partial charge on any atom is -0.363 e. The van der Waals surface area contributed by atoms with Crippen molar-refractivity contribution in [2.75, 3.05) is 0 Å². The van der Waals surface area contributed by atoms with Gasteiger partial charge in [0.1, 0.15) is 24.4 Å². The summed E-state index contributed by atoms with van der Waals surface area (Å²) in [5, 5.41) is 4.87. The largest absolute Gasteiger partial charge is 0.363 e. The first-order chi connectivity index (χ1) is 12.5. The Morgan fingerprint density at radius 1 is 1.15 bits per heavy atom. The molecule has 2 unspecified atom stereocenters. The SMILES string of the molecule is Cc1cc(C)c(-n2c[n+]3c(n2)COC2Cc4ccc(Br)cc4C23)c(C)c1. The van der Waals surface area contributed by atoms with E-state index in [1.165, 1.54) is 33.5 Å². The van der Waals surface area contributed by atoms with Gasteiger partial charge < -0.3 is 4.74 Å². The summed E-state index contributed by atoms with van der Waals surface area (Å²) in [6.07, 6.45) is 3.30. The molecular formula is C21H21BrN3O+. The molecular weight excluding hydrogens is 390 g/mol. The van der Waals surface area contributed by atoms with Crippen molar-refractivity contribution in [3.8, 4) is 5.69 Å². The van der Waals surface area contributed by atoms with Crippen LogP contribution in [0.2, 0.25) is 0 Å². The van der Waals surface area contributed by atoms with E-state index in [2.05, 4.69) is 77.9 Å². The van der Waals surface area contributed by atoms with E-state index >= 15 is 0 Å². The number of rotatable bonds is 1. The lowest BCUT2D eigenvalue weighted by molar-refractivity contribution is -0.739. The van der Waals surface area contributed by atoms with Crippen molar-refractivity contribution in [2.45, 2.75) is 45.9 Å². The third kappa shape index (κ3) is 2.37. The fraction of sp³-hybridized carbons (Fsp3) is 0.333. The molecule has 2 atom stereocenters. The van der Waals surface area contributed by atoms with Gasteiger partial charge in [0.15, 0.2) is 0 Å². The predicted octanol–water partition coefficient (Wildman–Crippen LogP) is 3.89. The molecule has 0 fully saturated rings. The highest BCUT2D eigenvalue weighted by atomic mass is 79.9. The number of benzene rings is 2. The normalized spacial score (nSPS) is 20.6. The number of aromatic nitrogens is 3. The smallest absolute Gasteiger partial charge is 0.304 e. The van der Waals surface area contributed by atoms with Crippen molar-refractivity contribution in [3.05, 3.63) is 74.8 Å². The number of fused-ring (bicyclic) bond motifs is 5. The Bertz CT molecular complexity index is 1020. The molecule has 0 spiro atoms. The Labute approximate surface area is 161 Å². The van der Waals surface area contributed by atoms with Gasteiger partial charge in [-0.2, -0.15) is 0 Å². The molecule has 26 heavy (non-hydrogen) atoms. The molecule has 2 aliphatic rings. The van der Waals surface area contributed by atoms with Gasteiger partial charge in [0.2, 0.25) is 6.33 Å². The van der Waals surface area contributed by atoms with Crippen LogP contribution in [0.25, 0.3) is 5.69 Å². The van der Waals surface area contributed by atoms with Gasteiger partial charge in [0.05, 0.1) is 0 Å². The second-order valence-corrected chi connectivity index (χ2v) is 8.39. The molecule has 5 heteroatoms. The molecule has 3 aromatic rings. The van der Waals surface area contributed by atoms with E-state index in [1.54, 1.807) is 0 Å². The number of halogens is 1. The van der Waals surface area contributed by atoms with Gasteiger partial charge >= 0.3 is 5.82 Å². The van der Waals surface area contributed by atoms with Crippen LogP contribution in [0.1, 0.15) is 39.7 Å². The van der Waals surface area contributed by atoms with Crippen LogP contribution in [-0.4, -0.2) is 15.9 Å². The summed E-state index contributed by atoms with van der Waals surface area (Å²) >= 11 is 3.62. The summed E-state index contributed by atoms with van der Waals surface area (Å²) in [6.45, 7) is 7.01. The Morgan fingerprint density at radius 2 is 1.92 bits per heavy atom. The quantitative estimate of drug-likeness (QED) is 0.569. The first-order valence-electron chi connectivity index (χ1n) is 8.99. The Balaban J connectivity index is 1.65. The lowest BCUT2D eigenvalue weighted by Crippen LogP contribution is -2.51. The van der Waals surface area contributed by atoms with Crippen molar-refractivity contribution < 1.29 is 9.30 Å². The van der Waals surface area contributed by atoms with Gasteiger partial charge in [0, 0.05) is 16.0 Å². The lowest BCUT2D eigenvalue weighted by Gasteiger charge is -2.23. The van der Waals surface area contributed by atoms with E-state index < -0.39 is 0 Å². The topological polar surface area (TPSA) is 30.9 Å². The van der Waals surface area contributed by atoms with Gasteiger partial charge in [0.25, 0.3) is 0 Å². The molecule has 2 aromatic carbocycles. The molecule has 1 aliphatic heterocycles. The number of hydrogen-bond acceptors (Lipinski definition) is 2.